The Hall–Kier alpha value is -6.47. The highest BCUT2D eigenvalue weighted by atomic mass is 35.5. The fraction of sp³-hybridized carbons (Fsp3) is 0.279. The van der Waals surface area contributed by atoms with Gasteiger partial charge in [0.05, 0.1) is 37.0 Å². The minimum absolute atomic E-state index is 0.00818. The zero-order valence-electron chi connectivity index (χ0n) is 34.5. The topological polar surface area (TPSA) is 253 Å². The number of ether oxygens (including phenoxy) is 5. The summed E-state index contributed by atoms with van der Waals surface area (Å²) in [6.45, 7) is 1.82. The molecule has 2 aliphatic rings. The normalized spacial score (nSPS) is 13.7. The van der Waals surface area contributed by atoms with Crippen LogP contribution in [0.15, 0.2) is 48.5 Å². The smallest absolute Gasteiger partial charge is 0.340 e. The molecule has 342 valence electrons. The van der Waals surface area contributed by atoms with Crippen LogP contribution < -0.4 is 28.7 Å². The summed E-state index contributed by atoms with van der Waals surface area (Å²) in [6, 6.07) is 11.3. The van der Waals surface area contributed by atoms with Crippen LogP contribution in [0.4, 0.5) is 11.4 Å². The molecule has 0 saturated heterocycles. The lowest BCUT2D eigenvalue weighted by molar-refractivity contribution is -0.138. The number of halogens is 4. The van der Waals surface area contributed by atoms with E-state index in [2.05, 4.69) is 0 Å². The molecule has 1 aliphatic carbocycles. The Labute approximate surface area is 388 Å². The van der Waals surface area contributed by atoms with Crippen LogP contribution in [0.1, 0.15) is 65.9 Å². The van der Waals surface area contributed by atoms with Gasteiger partial charge in [0, 0.05) is 36.0 Å². The van der Waals surface area contributed by atoms with Crippen molar-refractivity contribution in [2.75, 3.05) is 49.2 Å². The average molecular weight is 979 g/mol. The third-order valence-corrected chi connectivity index (χ3v) is 11.5. The molecular weight excluding hydrogens is 942 g/mol. The van der Waals surface area contributed by atoms with E-state index in [4.69, 9.17) is 70.1 Å². The molecule has 0 saturated carbocycles. The van der Waals surface area contributed by atoms with Gasteiger partial charge >= 0.3 is 41.8 Å². The maximum absolute atomic E-state index is 14.4. The summed E-state index contributed by atoms with van der Waals surface area (Å²) in [5, 5.41) is 37.9. The number of para-hydroxylation sites is 2. The molecule has 22 heteroatoms. The summed E-state index contributed by atoms with van der Waals surface area (Å²) < 4.78 is 29.4. The van der Waals surface area contributed by atoms with Gasteiger partial charge in [0.2, 0.25) is 0 Å². The van der Waals surface area contributed by atoms with E-state index in [0.717, 1.165) is 23.6 Å². The molecule has 0 aromatic heterocycles. The molecular formula is C43H36Cl4N2O16. The van der Waals surface area contributed by atoms with Crippen LogP contribution in [-0.4, -0.2) is 102 Å². The molecule has 1 aliphatic heterocycles. The first-order chi connectivity index (χ1) is 30.5. The maximum Gasteiger partial charge on any atom is 0.340 e. The first-order valence-corrected chi connectivity index (χ1v) is 20.6. The number of esters is 3. The fourth-order valence-electron chi connectivity index (χ4n) is 8.01. The van der Waals surface area contributed by atoms with Crippen molar-refractivity contribution in [3.8, 4) is 23.0 Å². The number of hydrogen-bond acceptors (Lipinski definition) is 14. The standard InChI is InChI=1S/C43H36Cl4N2O16/c1-19(50)63-39-25(44)12-23-35(37(39)46)42(3,4)36-24(13-26(45)40(38(36)47)64-20(2)51)43(23)22-14-30(28(11-21(22)41(60)65-43)49(17-33(56)57)18-34(58)59)62-10-9-61-29-8-6-5-7-27(29)48(15-31(52)53)16-32(54)55/h5-8,11-14H,9-10,15-18H2,1-4H3,(H,52,53)(H,54,55)(H,56,57)(H,58,59). The van der Waals surface area contributed by atoms with Gasteiger partial charge in [-0.3, -0.25) is 28.8 Å². The predicted molar refractivity (Wildman–Crippen MR) is 232 cm³/mol. The van der Waals surface area contributed by atoms with Crippen molar-refractivity contribution >= 4 is 99.6 Å². The van der Waals surface area contributed by atoms with E-state index < -0.39 is 79.0 Å². The van der Waals surface area contributed by atoms with E-state index in [0.29, 0.717) is 0 Å². The summed E-state index contributed by atoms with van der Waals surface area (Å²) in [7, 11) is 0. The third-order valence-electron chi connectivity index (χ3n) is 10.2. The van der Waals surface area contributed by atoms with Crippen LogP contribution in [0.3, 0.4) is 0 Å². The molecule has 0 atom stereocenters. The van der Waals surface area contributed by atoms with Gasteiger partial charge in [0.15, 0.2) is 17.1 Å². The Morgan fingerprint density at radius 3 is 1.49 bits per heavy atom. The molecule has 18 nitrogen and oxygen atoms in total. The van der Waals surface area contributed by atoms with Gasteiger partial charge in [-0.15, -0.1) is 0 Å². The van der Waals surface area contributed by atoms with E-state index in [1.807, 2.05) is 0 Å². The Morgan fingerprint density at radius 2 is 1.05 bits per heavy atom. The molecule has 0 fully saturated rings. The van der Waals surface area contributed by atoms with E-state index in [9.17, 15) is 54.0 Å². The van der Waals surface area contributed by atoms with Gasteiger partial charge in [0.25, 0.3) is 0 Å². The van der Waals surface area contributed by atoms with Gasteiger partial charge in [-0.2, -0.15) is 0 Å². The Kier molecular flexibility index (Phi) is 13.7. The maximum atomic E-state index is 14.4. The van der Waals surface area contributed by atoms with Gasteiger partial charge in [-0.25, -0.2) is 4.79 Å². The van der Waals surface area contributed by atoms with E-state index >= 15 is 0 Å². The lowest BCUT2D eigenvalue weighted by atomic mass is 9.61. The number of nitrogens with zero attached hydrogens (tertiary/aromatic N) is 2. The minimum atomic E-state index is -2.11. The summed E-state index contributed by atoms with van der Waals surface area (Å²) in [5.74, 6) is -8.66. The highest BCUT2D eigenvalue weighted by Gasteiger charge is 2.58. The average Bonchev–Trinajstić information content (AvgIpc) is 3.48. The van der Waals surface area contributed by atoms with Crippen molar-refractivity contribution in [2.45, 2.75) is 38.7 Å². The van der Waals surface area contributed by atoms with Crippen molar-refractivity contribution in [2.24, 2.45) is 0 Å². The Bertz CT molecular complexity index is 2590. The van der Waals surface area contributed by atoms with Crippen molar-refractivity contribution in [3.05, 3.63) is 102 Å². The monoisotopic (exact) mass is 976 g/mol. The van der Waals surface area contributed by atoms with Crippen LogP contribution in [0.2, 0.25) is 20.1 Å². The number of carboxylic acids is 4. The number of rotatable bonds is 17. The number of aliphatic carboxylic acids is 4. The molecule has 1 spiro atoms. The van der Waals surface area contributed by atoms with Gasteiger partial charge in [-0.1, -0.05) is 72.4 Å². The second-order valence-electron chi connectivity index (χ2n) is 15.0. The van der Waals surface area contributed by atoms with E-state index in [-0.39, 0.29) is 101 Å². The molecule has 4 N–H and O–H groups in total. The van der Waals surface area contributed by atoms with Gasteiger partial charge < -0.3 is 53.9 Å². The first-order valence-electron chi connectivity index (χ1n) is 19.1. The lowest BCUT2D eigenvalue weighted by Crippen LogP contribution is -2.42. The summed E-state index contributed by atoms with van der Waals surface area (Å²) in [6.07, 6.45) is 0. The van der Waals surface area contributed by atoms with Crippen molar-refractivity contribution < 1.29 is 77.7 Å². The zero-order valence-corrected chi connectivity index (χ0v) is 37.5. The molecule has 4 aromatic carbocycles. The number of benzene rings is 4. The predicted octanol–water partition coefficient (Wildman–Crippen LogP) is 6.66. The number of carbonyl (C=O) groups is 7. The van der Waals surface area contributed by atoms with Crippen molar-refractivity contribution in [1.82, 2.24) is 0 Å². The number of carboxylic acid groups (broad SMARTS) is 4. The lowest BCUT2D eigenvalue weighted by Gasteiger charge is -2.45. The van der Waals surface area contributed by atoms with E-state index in [1.54, 1.807) is 26.0 Å². The fourth-order valence-corrected chi connectivity index (χ4v) is 9.55. The molecule has 0 radical (unpaired) electrons. The molecule has 0 bridgehead atoms. The molecule has 1 heterocycles. The molecule has 6 rings (SSSR count). The van der Waals surface area contributed by atoms with Crippen LogP contribution in [0, 0.1) is 0 Å². The zero-order chi connectivity index (χ0) is 47.9. The largest absolute Gasteiger partial charge is 0.488 e. The van der Waals surface area contributed by atoms with Crippen molar-refractivity contribution in [3.63, 3.8) is 0 Å². The Balaban J connectivity index is 1.58. The van der Waals surface area contributed by atoms with Crippen LogP contribution in [0.5, 0.6) is 23.0 Å². The Morgan fingerprint density at radius 1 is 0.615 bits per heavy atom. The molecule has 4 aromatic rings. The van der Waals surface area contributed by atoms with Crippen LogP contribution in [-0.2, 0) is 44.5 Å². The minimum Gasteiger partial charge on any atom is -0.488 e. The van der Waals surface area contributed by atoms with E-state index in [1.165, 1.54) is 36.4 Å². The van der Waals surface area contributed by atoms with Gasteiger partial charge in [0.1, 0.15) is 50.9 Å². The number of fused-ring (bicyclic) bond motifs is 6. The molecule has 0 amide bonds. The quantitative estimate of drug-likeness (QED) is 0.0490. The first kappa shape index (κ1) is 48.0. The number of anilines is 2. The second-order valence-corrected chi connectivity index (χ2v) is 16.6. The summed E-state index contributed by atoms with van der Waals surface area (Å²) in [4.78, 5) is 88.4. The molecule has 0 unspecified atom stereocenters. The van der Waals surface area contributed by atoms with Crippen molar-refractivity contribution in [1.29, 1.82) is 0 Å². The molecule has 65 heavy (non-hydrogen) atoms. The summed E-state index contributed by atoms with van der Waals surface area (Å²) >= 11 is 27.8. The van der Waals surface area contributed by atoms with Crippen LogP contribution >= 0.6 is 46.4 Å². The number of carbonyl (C=O) groups excluding carboxylic acids is 3. The second kappa shape index (κ2) is 18.6. The highest BCUT2D eigenvalue weighted by molar-refractivity contribution is 6.39. The summed E-state index contributed by atoms with van der Waals surface area (Å²) in [5.41, 5.74) is -3.06. The third kappa shape index (κ3) is 9.24. The van der Waals surface area contributed by atoms with Crippen LogP contribution in [0.25, 0.3) is 0 Å². The highest BCUT2D eigenvalue weighted by Crippen LogP contribution is 2.63. The van der Waals surface area contributed by atoms with Gasteiger partial charge in [-0.05, 0) is 47.5 Å². The number of hydrogen-bond donors (Lipinski definition) is 4. The SMILES string of the molecule is CC(=O)Oc1c(Cl)cc2c(c1Cl)C(C)(C)c1c(cc(Cl)c(OC(C)=O)c1Cl)C21OC(=O)c2cc(N(CC(=O)O)CC(=O)O)c(OCCOc3ccccc3N(CC(=O)O)CC(=O)O)cc21.